The number of benzene rings is 1. The number of amides is 1. The smallest absolute Gasteiger partial charge is 0.269 e. The SMILES string of the molecule is Cc1ccc2[nH]ncc2c1-c1cc(-c2ccnc(NCC3(O)CC3)n2)nc(C(N)=O)c1N. The highest BCUT2D eigenvalue weighted by atomic mass is 16.3. The van der Waals surface area contributed by atoms with Gasteiger partial charge in [0.2, 0.25) is 5.95 Å². The van der Waals surface area contributed by atoms with Crippen LogP contribution in [0.25, 0.3) is 33.4 Å². The molecule has 1 aromatic carbocycles. The number of H-pyrrole nitrogens is 1. The molecule has 0 spiro atoms. The molecule has 1 saturated carbocycles. The van der Waals surface area contributed by atoms with E-state index in [1.54, 1.807) is 24.5 Å². The topological polar surface area (TPSA) is 169 Å². The first-order chi connectivity index (χ1) is 15.3. The summed E-state index contributed by atoms with van der Waals surface area (Å²) >= 11 is 0. The quantitative estimate of drug-likeness (QED) is 0.309. The first-order valence-electron chi connectivity index (χ1n) is 10.2. The molecule has 1 aliphatic carbocycles. The van der Waals surface area contributed by atoms with Crippen molar-refractivity contribution in [1.82, 2.24) is 25.1 Å². The average molecular weight is 430 g/mol. The summed E-state index contributed by atoms with van der Waals surface area (Å²) in [6.07, 6.45) is 4.81. The molecule has 5 rings (SSSR count). The van der Waals surface area contributed by atoms with Gasteiger partial charge in [0.25, 0.3) is 5.91 Å². The predicted molar refractivity (Wildman–Crippen MR) is 121 cm³/mol. The number of primary amides is 1. The van der Waals surface area contributed by atoms with Gasteiger partial charge in [0, 0.05) is 23.7 Å². The first kappa shape index (κ1) is 19.9. The van der Waals surface area contributed by atoms with Crippen LogP contribution in [-0.4, -0.2) is 48.3 Å². The Morgan fingerprint density at radius 1 is 1.25 bits per heavy atom. The van der Waals surface area contributed by atoms with Crippen molar-refractivity contribution in [3.8, 4) is 22.5 Å². The van der Waals surface area contributed by atoms with Gasteiger partial charge in [-0.25, -0.2) is 15.0 Å². The van der Waals surface area contributed by atoms with Crippen LogP contribution in [-0.2, 0) is 0 Å². The minimum absolute atomic E-state index is 0.0298. The van der Waals surface area contributed by atoms with Crippen LogP contribution in [0.15, 0.2) is 36.7 Å². The molecule has 1 amide bonds. The average Bonchev–Trinajstić information content (AvgIpc) is 3.32. The van der Waals surface area contributed by atoms with Crippen LogP contribution in [0.5, 0.6) is 0 Å². The van der Waals surface area contributed by atoms with E-state index in [9.17, 15) is 9.90 Å². The van der Waals surface area contributed by atoms with Crippen LogP contribution in [0.2, 0.25) is 0 Å². The molecule has 10 nitrogen and oxygen atoms in total. The molecule has 0 radical (unpaired) electrons. The number of aromatic amines is 1. The molecular formula is C22H22N8O2. The molecule has 3 heterocycles. The third-order valence-electron chi connectivity index (χ3n) is 5.71. The maximum Gasteiger partial charge on any atom is 0.269 e. The highest BCUT2D eigenvalue weighted by Crippen LogP contribution is 2.38. The second kappa shape index (κ2) is 7.27. The fraction of sp³-hybridized carbons (Fsp3) is 0.227. The van der Waals surface area contributed by atoms with Crippen LogP contribution in [0, 0.1) is 6.92 Å². The third kappa shape index (κ3) is 3.50. The molecular weight excluding hydrogens is 408 g/mol. The Bertz CT molecular complexity index is 1360. The summed E-state index contributed by atoms with van der Waals surface area (Å²) in [7, 11) is 0. The lowest BCUT2D eigenvalue weighted by Gasteiger charge is -2.15. The second-order valence-electron chi connectivity index (χ2n) is 8.11. The number of nitrogen functional groups attached to an aromatic ring is 1. The highest BCUT2D eigenvalue weighted by Gasteiger charge is 2.40. The van der Waals surface area contributed by atoms with Crippen molar-refractivity contribution in [3.63, 3.8) is 0 Å². The molecule has 0 atom stereocenters. The van der Waals surface area contributed by atoms with Crippen molar-refractivity contribution in [2.45, 2.75) is 25.4 Å². The normalized spacial score (nSPS) is 14.4. The van der Waals surface area contributed by atoms with E-state index >= 15 is 0 Å². The number of nitrogens with zero attached hydrogens (tertiary/aromatic N) is 4. The Balaban J connectivity index is 1.64. The van der Waals surface area contributed by atoms with E-state index in [0.29, 0.717) is 29.4 Å². The number of nitrogens with two attached hydrogens (primary N) is 2. The number of aromatic nitrogens is 5. The molecule has 10 heteroatoms. The summed E-state index contributed by atoms with van der Waals surface area (Å²) in [4.78, 5) is 25.3. The van der Waals surface area contributed by atoms with Gasteiger partial charge in [0.15, 0.2) is 5.69 Å². The van der Waals surface area contributed by atoms with E-state index in [1.165, 1.54) is 0 Å². The highest BCUT2D eigenvalue weighted by molar-refractivity contribution is 6.05. The van der Waals surface area contributed by atoms with Crippen molar-refractivity contribution in [2.75, 3.05) is 17.6 Å². The van der Waals surface area contributed by atoms with Crippen LogP contribution >= 0.6 is 0 Å². The van der Waals surface area contributed by atoms with Gasteiger partial charge in [-0.1, -0.05) is 6.07 Å². The zero-order valence-electron chi connectivity index (χ0n) is 17.4. The third-order valence-corrected chi connectivity index (χ3v) is 5.71. The van der Waals surface area contributed by atoms with E-state index in [4.69, 9.17) is 11.5 Å². The predicted octanol–water partition coefficient (Wildman–Crippen LogP) is 2.01. The van der Waals surface area contributed by atoms with Gasteiger partial charge in [-0.15, -0.1) is 0 Å². The summed E-state index contributed by atoms with van der Waals surface area (Å²) in [5.74, 6) is -0.372. The molecule has 1 fully saturated rings. The van der Waals surface area contributed by atoms with Gasteiger partial charge in [-0.2, -0.15) is 5.10 Å². The lowest BCUT2D eigenvalue weighted by molar-refractivity contribution is 0.0996. The van der Waals surface area contributed by atoms with E-state index < -0.39 is 11.5 Å². The molecule has 0 unspecified atom stereocenters. The Morgan fingerprint density at radius 2 is 2.06 bits per heavy atom. The maximum absolute atomic E-state index is 12.2. The van der Waals surface area contributed by atoms with Crippen molar-refractivity contribution in [3.05, 3.63) is 47.9 Å². The molecule has 0 aliphatic heterocycles. The molecule has 162 valence electrons. The van der Waals surface area contributed by atoms with Gasteiger partial charge in [0.1, 0.15) is 0 Å². The second-order valence-corrected chi connectivity index (χ2v) is 8.11. The number of hydrogen-bond donors (Lipinski definition) is 5. The minimum Gasteiger partial charge on any atom is -0.396 e. The number of carbonyl (C=O) groups excluding carboxylic acids is 1. The Kier molecular flexibility index (Phi) is 4.52. The maximum atomic E-state index is 12.2. The lowest BCUT2D eigenvalue weighted by Crippen LogP contribution is -2.21. The van der Waals surface area contributed by atoms with Crippen molar-refractivity contribution >= 4 is 28.4 Å². The van der Waals surface area contributed by atoms with Crippen LogP contribution in [0.4, 0.5) is 11.6 Å². The van der Waals surface area contributed by atoms with Crippen LogP contribution in [0.3, 0.4) is 0 Å². The van der Waals surface area contributed by atoms with Crippen LogP contribution in [0.1, 0.15) is 28.9 Å². The number of hydrogen-bond acceptors (Lipinski definition) is 8. The van der Waals surface area contributed by atoms with Gasteiger partial charge in [-0.3, -0.25) is 9.89 Å². The first-order valence-corrected chi connectivity index (χ1v) is 10.2. The van der Waals surface area contributed by atoms with Gasteiger partial charge in [0.05, 0.1) is 34.4 Å². The summed E-state index contributed by atoms with van der Waals surface area (Å²) < 4.78 is 0. The lowest BCUT2D eigenvalue weighted by atomic mass is 9.94. The Morgan fingerprint density at radius 3 is 2.81 bits per heavy atom. The summed E-state index contributed by atoms with van der Waals surface area (Å²) in [6.45, 7) is 2.33. The Hall–Kier alpha value is -4.05. The molecule has 32 heavy (non-hydrogen) atoms. The van der Waals surface area contributed by atoms with E-state index in [0.717, 1.165) is 34.9 Å². The van der Waals surface area contributed by atoms with E-state index in [1.807, 2.05) is 19.1 Å². The number of carbonyl (C=O) groups is 1. The fourth-order valence-corrected chi connectivity index (χ4v) is 3.72. The zero-order valence-corrected chi connectivity index (χ0v) is 17.4. The van der Waals surface area contributed by atoms with Crippen molar-refractivity contribution in [2.24, 2.45) is 5.73 Å². The van der Waals surface area contributed by atoms with Crippen LogP contribution < -0.4 is 16.8 Å². The number of fused-ring (bicyclic) bond motifs is 1. The molecule has 3 aromatic heterocycles. The van der Waals surface area contributed by atoms with Gasteiger partial charge < -0.3 is 21.9 Å². The molecule has 1 aliphatic rings. The molecule has 0 saturated heterocycles. The summed E-state index contributed by atoms with van der Waals surface area (Å²) in [5, 5.41) is 21.1. The number of aryl methyl sites for hydroxylation is 1. The fourth-order valence-electron chi connectivity index (χ4n) is 3.72. The number of nitrogens with one attached hydrogen (secondary N) is 2. The molecule has 7 N–H and O–H groups in total. The van der Waals surface area contributed by atoms with Gasteiger partial charge in [-0.05, 0) is 49.1 Å². The number of anilines is 2. The zero-order chi connectivity index (χ0) is 22.5. The molecule has 4 aromatic rings. The number of pyridine rings is 1. The monoisotopic (exact) mass is 430 g/mol. The standard InChI is InChI=1S/C22H22N8O2/c1-11-2-3-14-13(9-27-30-14)17(11)12-8-16(28-19(18(12)23)20(24)31)15-4-7-25-21(29-15)26-10-22(32)5-6-22/h2-4,7-9,32H,5-6,10,23H2,1H3,(H2,24,31)(H,27,30)(H,25,26,29). The van der Waals surface area contributed by atoms with E-state index in [2.05, 4.69) is 30.5 Å². The van der Waals surface area contributed by atoms with Crippen molar-refractivity contribution < 1.29 is 9.90 Å². The molecule has 0 bridgehead atoms. The summed E-state index contributed by atoms with van der Waals surface area (Å²) in [6, 6.07) is 7.37. The summed E-state index contributed by atoms with van der Waals surface area (Å²) in [5.41, 5.74) is 15.6. The van der Waals surface area contributed by atoms with E-state index in [-0.39, 0.29) is 11.4 Å². The number of rotatable bonds is 6. The minimum atomic E-state index is -0.731. The van der Waals surface area contributed by atoms with Crippen molar-refractivity contribution in [1.29, 1.82) is 0 Å². The largest absolute Gasteiger partial charge is 0.396 e. The number of aliphatic hydroxyl groups is 1. The Labute approximate surface area is 183 Å². The van der Waals surface area contributed by atoms with Gasteiger partial charge >= 0.3 is 0 Å².